The molecule has 1 aromatic rings. The van der Waals surface area contributed by atoms with Crippen molar-refractivity contribution in [1.29, 1.82) is 0 Å². The first-order valence-corrected chi connectivity index (χ1v) is 6.16. The van der Waals surface area contributed by atoms with Crippen molar-refractivity contribution in [2.75, 3.05) is 14.2 Å². The topological polar surface area (TPSA) is 38.7 Å². The van der Waals surface area contributed by atoms with Crippen molar-refractivity contribution in [3.05, 3.63) is 23.8 Å². The summed E-state index contributed by atoms with van der Waals surface area (Å²) in [4.78, 5) is 0. The highest BCUT2D eigenvalue weighted by molar-refractivity contribution is 5.44. The zero-order valence-corrected chi connectivity index (χ0v) is 10.5. The second-order valence-corrected chi connectivity index (χ2v) is 4.57. The first kappa shape index (κ1) is 12.2. The molecule has 1 fully saturated rings. The molecule has 1 N–H and O–H groups in total. The normalized spacial score (nSPS) is 24.4. The Bertz CT molecular complexity index is 376. The third-order valence-electron chi connectivity index (χ3n) is 3.57. The van der Waals surface area contributed by atoms with E-state index < -0.39 is 0 Å². The highest BCUT2D eigenvalue weighted by Crippen LogP contribution is 2.37. The molecule has 0 radical (unpaired) electrons. The van der Waals surface area contributed by atoms with Gasteiger partial charge in [0.15, 0.2) is 11.5 Å². The summed E-state index contributed by atoms with van der Waals surface area (Å²) in [5.41, 5.74) is 1.15. The minimum atomic E-state index is -0.221. The second kappa shape index (κ2) is 5.41. The Morgan fingerprint density at radius 2 is 1.76 bits per heavy atom. The lowest BCUT2D eigenvalue weighted by Crippen LogP contribution is -2.22. The van der Waals surface area contributed by atoms with Gasteiger partial charge in [0.25, 0.3) is 0 Å². The average molecular weight is 236 g/mol. The third-order valence-corrected chi connectivity index (χ3v) is 3.57. The van der Waals surface area contributed by atoms with Crippen LogP contribution in [-0.2, 0) is 0 Å². The van der Waals surface area contributed by atoms with Crippen molar-refractivity contribution in [2.45, 2.75) is 37.7 Å². The van der Waals surface area contributed by atoms with Crippen molar-refractivity contribution < 1.29 is 14.6 Å². The maximum atomic E-state index is 10.0. The van der Waals surface area contributed by atoms with Crippen LogP contribution in [-0.4, -0.2) is 25.4 Å². The van der Waals surface area contributed by atoms with Gasteiger partial charge in [0, 0.05) is 5.92 Å². The predicted octanol–water partition coefficient (Wildman–Crippen LogP) is 2.72. The van der Waals surface area contributed by atoms with Gasteiger partial charge in [0.05, 0.1) is 20.3 Å². The fourth-order valence-corrected chi connectivity index (χ4v) is 2.58. The molecule has 94 valence electrons. The summed E-state index contributed by atoms with van der Waals surface area (Å²) in [6.07, 6.45) is 4.05. The second-order valence-electron chi connectivity index (χ2n) is 4.57. The molecule has 0 aromatic heterocycles. The van der Waals surface area contributed by atoms with E-state index in [9.17, 15) is 5.11 Å². The lowest BCUT2D eigenvalue weighted by molar-refractivity contribution is 0.106. The smallest absolute Gasteiger partial charge is 0.160 e. The van der Waals surface area contributed by atoms with Crippen LogP contribution in [0.25, 0.3) is 0 Å². The molecule has 1 aliphatic rings. The molecule has 0 heterocycles. The number of aliphatic hydroxyl groups is 1. The monoisotopic (exact) mass is 236 g/mol. The van der Waals surface area contributed by atoms with Crippen LogP contribution in [0, 0.1) is 0 Å². The first-order valence-electron chi connectivity index (χ1n) is 6.16. The Morgan fingerprint density at radius 1 is 1.06 bits per heavy atom. The minimum Gasteiger partial charge on any atom is -0.493 e. The van der Waals surface area contributed by atoms with E-state index in [2.05, 4.69) is 0 Å². The number of methoxy groups -OCH3 is 2. The summed E-state index contributed by atoms with van der Waals surface area (Å²) in [5, 5.41) is 10.0. The molecule has 3 nitrogen and oxygen atoms in total. The number of aliphatic hydroxyl groups excluding tert-OH is 1. The summed E-state index contributed by atoms with van der Waals surface area (Å²) in [7, 11) is 3.27. The van der Waals surface area contributed by atoms with Crippen LogP contribution in [0.1, 0.15) is 37.2 Å². The van der Waals surface area contributed by atoms with Crippen LogP contribution >= 0.6 is 0 Å². The molecule has 17 heavy (non-hydrogen) atoms. The van der Waals surface area contributed by atoms with Crippen LogP contribution in [0.5, 0.6) is 11.5 Å². The maximum absolute atomic E-state index is 10.0. The molecule has 1 aliphatic carbocycles. The summed E-state index contributed by atoms with van der Waals surface area (Å²) in [5.74, 6) is 1.72. The number of hydrogen-bond acceptors (Lipinski definition) is 3. The Kier molecular flexibility index (Phi) is 3.89. The van der Waals surface area contributed by atoms with Gasteiger partial charge in [0.1, 0.15) is 0 Å². The highest BCUT2D eigenvalue weighted by Gasteiger charge is 2.25. The van der Waals surface area contributed by atoms with Crippen molar-refractivity contribution >= 4 is 0 Å². The molecular weight excluding hydrogens is 216 g/mol. The lowest BCUT2D eigenvalue weighted by atomic mass is 9.82. The Morgan fingerprint density at radius 3 is 2.41 bits per heavy atom. The van der Waals surface area contributed by atoms with E-state index in [1.54, 1.807) is 14.2 Å². The molecule has 1 aromatic carbocycles. The van der Waals surface area contributed by atoms with Crippen LogP contribution in [0.15, 0.2) is 18.2 Å². The van der Waals surface area contributed by atoms with Crippen LogP contribution < -0.4 is 9.47 Å². The van der Waals surface area contributed by atoms with E-state index in [0.717, 1.165) is 36.3 Å². The summed E-state index contributed by atoms with van der Waals surface area (Å²) in [6.45, 7) is 0. The third kappa shape index (κ3) is 2.55. The zero-order valence-electron chi connectivity index (χ0n) is 10.5. The van der Waals surface area contributed by atoms with Crippen molar-refractivity contribution in [2.24, 2.45) is 0 Å². The standard InChI is InChI=1S/C14H20O3/c1-16-13-8-7-10(9-14(13)17-2)11-5-3-4-6-12(11)15/h7-9,11-12,15H,3-6H2,1-2H3. The average Bonchev–Trinajstić information content (AvgIpc) is 2.38. The van der Waals surface area contributed by atoms with Crippen LogP contribution in [0.2, 0.25) is 0 Å². The van der Waals surface area contributed by atoms with E-state index in [1.807, 2.05) is 18.2 Å². The van der Waals surface area contributed by atoms with E-state index in [0.29, 0.717) is 0 Å². The van der Waals surface area contributed by atoms with E-state index in [1.165, 1.54) is 6.42 Å². The lowest BCUT2D eigenvalue weighted by Gasteiger charge is -2.28. The van der Waals surface area contributed by atoms with Gasteiger partial charge in [-0.3, -0.25) is 0 Å². The Hall–Kier alpha value is -1.22. The van der Waals surface area contributed by atoms with Gasteiger partial charge in [-0.15, -0.1) is 0 Å². The zero-order chi connectivity index (χ0) is 12.3. The van der Waals surface area contributed by atoms with Gasteiger partial charge in [-0.2, -0.15) is 0 Å². The Balaban J connectivity index is 2.25. The molecule has 2 rings (SSSR count). The minimum absolute atomic E-state index is 0.221. The molecule has 2 atom stereocenters. The summed E-state index contributed by atoms with van der Waals surface area (Å²) >= 11 is 0. The van der Waals surface area contributed by atoms with Gasteiger partial charge < -0.3 is 14.6 Å². The Labute approximate surface area is 102 Å². The van der Waals surface area contributed by atoms with Gasteiger partial charge in [-0.25, -0.2) is 0 Å². The van der Waals surface area contributed by atoms with Gasteiger partial charge in [0.2, 0.25) is 0 Å². The number of hydrogen-bond donors (Lipinski definition) is 1. The maximum Gasteiger partial charge on any atom is 0.160 e. The molecule has 0 saturated heterocycles. The molecular formula is C14H20O3. The van der Waals surface area contributed by atoms with Gasteiger partial charge in [-0.1, -0.05) is 18.9 Å². The van der Waals surface area contributed by atoms with E-state index in [4.69, 9.17) is 9.47 Å². The van der Waals surface area contributed by atoms with E-state index >= 15 is 0 Å². The predicted molar refractivity (Wildman–Crippen MR) is 66.8 cm³/mol. The van der Waals surface area contributed by atoms with Gasteiger partial charge >= 0.3 is 0 Å². The quantitative estimate of drug-likeness (QED) is 0.877. The number of ether oxygens (including phenoxy) is 2. The van der Waals surface area contributed by atoms with Crippen molar-refractivity contribution in [3.8, 4) is 11.5 Å². The first-order chi connectivity index (χ1) is 8.26. The molecule has 0 spiro atoms. The SMILES string of the molecule is COc1ccc(C2CCCCC2O)cc1OC. The molecule has 2 unspecified atom stereocenters. The fraction of sp³-hybridized carbons (Fsp3) is 0.571. The number of rotatable bonds is 3. The van der Waals surface area contributed by atoms with E-state index in [-0.39, 0.29) is 12.0 Å². The summed E-state index contributed by atoms with van der Waals surface area (Å²) < 4.78 is 10.5. The molecule has 0 bridgehead atoms. The van der Waals surface area contributed by atoms with Crippen LogP contribution in [0.3, 0.4) is 0 Å². The molecule has 0 amide bonds. The fourth-order valence-electron chi connectivity index (χ4n) is 2.58. The van der Waals surface area contributed by atoms with Crippen molar-refractivity contribution in [3.63, 3.8) is 0 Å². The largest absolute Gasteiger partial charge is 0.493 e. The molecule has 3 heteroatoms. The summed E-state index contributed by atoms with van der Waals surface area (Å²) in [6, 6.07) is 5.92. The highest BCUT2D eigenvalue weighted by atomic mass is 16.5. The van der Waals surface area contributed by atoms with Crippen molar-refractivity contribution in [1.82, 2.24) is 0 Å². The number of benzene rings is 1. The van der Waals surface area contributed by atoms with Gasteiger partial charge in [-0.05, 0) is 30.5 Å². The molecule has 1 saturated carbocycles. The van der Waals surface area contributed by atoms with Crippen LogP contribution in [0.4, 0.5) is 0 Å². The molecule has 0 aliphatic heterocycles.